The molecule has 0 aliphatic carbocycles. The normalized spacial score (nSPS) is 17.2. The maximum Gasteiger partial charge on any atom is 0.419 e. The molecule has 2 aliphatic heterocycles. The summed E-state index contributed by atoms with van der Waals surface area (Å²) < 4.78 is 41.7. The highest BCUT2D eigenvalue weighted by Gasteiger charge is 2.40. The lowest BCUT2D eigenvalue weighted by Crippen LogP contribution is -2.27. The van der Waals surface area contributed by atoms with Crippen LogP contribution >= 0.6 is 0 Å². The molecule has 3 N–H and O–H groups in total. The Balaban J connectivity index is 1.42. The Kier molecular flexibility index (Phi) is 7.13. The standard InChI is InChI=1S/C30H34F3N5O/c1-17-15-25(18(2)14-21(17)19-10-12-34-13-11-19)38-28-35-16-22(30(31,32)33)23(37-28)9-8-20-6-5-7-24-26(20)29(3,4)27(39)36-24/h5-7,14-16,19,34H,8-13H2,1-4H3,(H,36,39)(H,35,37,38). The third-order valence-corrected chi connectivity index (χ3v) is 8.03. The number of nitrogens with zero attached hydrogens (tertiary/aromatic N) is 2. The molecule has 0 saturated carbocycles. The average Bonchev–Trinajstić information content (AvgIpc) is 3.13. The first-order chi connectivity index (χ1) is 18.4. The number of aromatic nitrogens is 2. The second-order valence-electron chi connectivity index (χ2n) is 11.1. The van der Waals surface area contributed by atoms with Crippen molar-refractivity contribution in [1.82, 2.24) is 15.3 Å². The number of piperidine rings is 1. The van der Waals surface area contributed by atoms with Gasteiger partial charge in [0, 0.05) is 17.6 Å². The van der Waals surface area contributed by atoms with Crippen LogP contribution in [0.3, 0.4) is 0 Å². The number of halogens is 3. The zero-order valence-corrected chi connectivity index (χ0v) is 22.7. The van der Waals surface area contributed by atoms with E-state index in [0.29, 0.717) is 18.0 Å². The van der Waals surface area contributed by atoms with E-state index in [9.17, 15) is 18.0 Å². The number of carbonyl (C=O) groups is 1. The largest absolute Gasteiger partial charge is 0.419 e. The molecule has 6 nitrogen and oxygen atoms in total. The molecule has 3 heterocycles. The van der Waals surface area contributed by atoms with Crippen molar-refractivity contribution < 1.29 is 18.0 Å². The second kappa shape index (κ2) is 10.3. The summed E-state index contributed by atoms with van der Waals surface area (Å²) in [5.74, 6) is 0.514. The van der Waals surface area contributed by atoms with Crippen molar-refractivity contribution in [2.75, 3.05) is 23.7 Å². The zero-order valence-electron chi connectivity index (χ0n) is 22.7. The van der Waals surface area contributed by atoms with Crippen LogP contribution in [0.4, 0.5) is 30.5 Å². The van der Waals surface area contributed by atoms with Gasteiger partial charge < -0.3 is 16.0 Å². The topological polar surface area (TPSA) is 78.9 Å². The summed E-state index contributed by atoms with van der Waals surface area (Å²) in [6.45, 7) is 9.71. The minimum absolute atomic E-state index is 0.0550. The van der Waals surface area contributed by atoms with E-state index >= 15 is 0 Å². The first kappa shape index (κ1) is 27.1. The summed E-state index contributed by atoms with van der Waals surface area (Å²) in [5.41, 5.74) is 4.94. The van der Waals surface area contributed by atoms with Crippen LogP contribution in [0.1, 0.15) is 71.7 Å². The minimum Gasteiger partial charge on any atom is -0.325 e. The van der Waals surface area contributed by atoms with Crippen molar-refractivity contribution >= 4 is 23.2 Å². The molecular formula is C30H34F3N5O. The SMILES string of the molecule is Cc1cc(C2CCNCC2)c(C)cc1Nc1ncc(C(F)(F)F)c(CCc2cccc3c2C(C)(C)C(=O)N3)n1. The predicted octanol–water partition coefficient (Wildman–Crippen LogP) is 6.34. The molecule has 0 bridgehead atoms. The molecule has 2 aromatic carbocycles. The van der Waals surface area contributed by atoms with Gasteiger partial charge in [-0.15, -0.1) is 0 Å². The summed E-state index contributed by atoms with van der Waals surface area (Å²) in [5, 5.41) is 9.43. The van der Waals surface area contributed by atoms with Crippen LogP contribution in [0.2, 0.25) is 0 Å². The van der Waals surface area contributed by atoms with Gasteiger partial charge in [-0.05, 0) is 112 Å². The number of anilines is 3. The fraction of sp³-hybridized carbons (Fsp3) is 0.433. The number of alkyl halides is 3. The molecule has 1 aromatic heterocycles. The molecule has 1 saturated heterocycles. The fourth-order valence-electron chi connectivity index (χ4n) is 5.87. The molecule has 5 rings (SSSR count). The van der Waals surface area contributed by atoms with Gasteiger partial charge >= 0.3 is 6.18 Å². The van der Waals surface area contributed by atoms with E-state index < -0.39 is 17.2 Å². The van der Waals surface area contributed by atoms with Gasteiger partial charge in [-0.25, -0.2) is 9.97 Å². The maximum absolute atomic E-state index is 13.9. The number of fused-ring (bicyclic) bond motifs is 1. The number of carbonyl (C=O) groups excluding carboxylic acids is 1. The number of amides is 1. The molecule has 1 fully saturated rings. The lowest BCUT2D eigenvalue weighted by molar-refractivity contribution is -0.138. The van der Waals surface area contributed by atoms with Crippen LogP contribution in [0.25, 0.3) is 0 Å². The van der Waals surface area contributed by atoms with Crippen molar-refractivity contribution in [3.8, 4) is 0 Å². The van der Waals surface area contributed by atoms with Crippen molar-refractivity contribution in [1.29, 1.82) is 0 Å². The van der Waals surface area contributed by atoms with Gasteiger partial charge in [-0.2, -0.15) is 13.2 Å². The Hall–Kier alpha value is -3.46. The summed E-state index contributed by atoms with van der Waals surface area (Å²) in [7, 11) is 0. The smallest absolute Gasteiger partial charge is 0.325 e. The van der Waals surface area contributed by atoms with Crippen molar-refractivity contribution in [3.05, 3.63) is 75.6 Å². The highest BCUT2D eigenvalue weighted by atomic mass is 19.4. The van der Waals surface area contributed by atoms with Crippen molar-refractivity contribution in [2.45, 2.75) is 70.9 Å². The molecule has 0 radical (unpaired) electrons. The molecule has 2 aliphatic rings. The van der Waals surface area contributed by atoms with E-state index in [0.717, 1.165) is 60.1 Å². The monoisotopic (exact) mass is 537 g/mol. The number of rotatable bonds is 6. The second-order valence-corrected chi connectivity index (χ2v) is 11.1. The quantitative estimate of drug-likeness (QED) is 0.342. The Labute approximate surface area is 226 Å². The third kappa shape index (κ3) is 5.37. The number of benzene rings is 2. The Morgan fingerprint density at radius 2 is 1.82 bits per heavy atom. The molecule has 0 spiro atoms. The van der Waals surface area contributed by atoms with Gasteiger partial charge in [0.05, 0.1) is 16.7 Å². The Bertz CT molecular complexity index is 1410. The summed E-state index contributed by atoms with van der Waals surface area (Å²) in [6, 6.07) is 9.70. The molecular weight excluding hydrogens is 503 g/mol. The van der Waals surface area contributed by atoms with Crippen LogP contribution in [-0.2, 0) is 29.2 Å². The Morgan fingerprint density at radius 3 is 2.54 bits per heavy atom. The molecule has 9 heteroatoms. The highest BCUT2D eigenvalue weighted by Crippen LogP contribution is 2.40. The lowest BCUT2D eigenvalue weighted by Gasteiger charge is -2.25. The van der Waals surface area contributed by atoms with Crippen molar-refractivity contribution in [3.63, 3.8) is 0 Å². The molecule has 39 heavy (non-hydrogen) atoms. The minimum atomic E-state index is -4.58. The van der Waals surface area contributed by atoms with Crippen LogP contribution in [0, 0.1) is 13.8 Å². The first-order valence-corrected chi connectivity index (χ1v) is 13.4. The van der Waals surface area contributed by atoms with Gasteiger partial charge in [-0.3, -0.25) is 4.79 Å². The average molecular weight is 538 g/mol. The van der Waals surface area contributed by atoms with E-state index in [4.69, 9.17) is 0 Å². The number of hydrogen-bond donors (Lipinski definition) is 3. The van der Waals surface area contributed by atoms with Gasteiger partial charge in [0.1, 0.15) is 0 Å². The number of nitrogens with one attached hydrogen (secondary N) is 3. The molecule has 0 unspecified atom stereocenters. The fourth-order valence-corrected chi connectivity index (χ4v) is 5.87. The molecule has 206 valence electrons. The first-order valence-electron chi connectivity index (χ1n) is 13.4. The number of hydrogen-bond acceptors (Lipinski definition) is 5. The maximum atomic E-state index is 13.9. The van der Waals surface area contributed by atoms with Gasteiger partial charge in [0.2, 0.25) is 11.9 Å². The van der Waals surface area contributed by atoms with Crippen molar-refractivity contribution in [2.24, 2.45) is 0 Å². The highest BCUT2D eigenvalue weighted by molar-refractivity contribution is 6.06. The van der Waals surface area contributed by atoms with Crippen LogP contribution in [0.5, 0.6) is 0 Å². The summed E-state index contributed by atoms with van der Waals surface area (Å²) in [6.07, 6.45) is -1.18. The van der Waals surface area contributed by atoms with E-state index in [1.807, 2.05) is 45.0 Å². The molecule has 0 atom stereocenters. The third-order valence-electron chi connectivity index (χ3n) is 8.03. The van der Waals surface area contributed by atoms with Crippen LogP contribution in [-0.4, -0.2) is 29.0 Å². The van der Waals surface area contributed by atoms with E-state index in [2.05, 4.69) is 38.9 Å². The van der Waals surface area contributed by atoms with Crippen LogP contribution in [0.15, 0.2) is 36.5 Å². The van der Waals surface area contributed by atoms with E-state index in [1.54, 1.807) is 0 Å². The molecule has 1 amide bonds. The summed E-state index contributed by atoms with van der Waals surface area (Å²) in [4.78, 5) is 20.8. The zero-order chi connectivity index (χ0) is 27.9. The van der Waals surface area contributed by atoms with E-state index in [1.165, 1.54) is 5.56 Å². The van der Waals surface area contributed by atoms with Gasteiger partial charge in [0.25, 0.3) is 0 Å². The Morgan fingerprint density at radius 1 is 1.08 bits per heavy atom. The van der Waals surface area contributed by atoms with E-state index in [-0.39, 0.29) is 24.0 Å². The van der Waals surface area contributed by atoms with Crippen LogP contribution < -0.4 is 16.0 Å². The number of aryl methyl sites for hydroxylation is 4. The predicted molar refractivity (Wildman–Crippen MR) is 147 cm³/mol. The van der Waals surface area contributed by atoms with Gasteiger partial charge in [0.15, 0.2) is 0 Å². The van der Waals surface area contributed by atoms with Gasteiger partial charge in [-0.1, -0.05) is 18.2 Å². The lowest BCUT2D eigenvalue weighted by atomic mass is 9.82. The summed E-state index contributed by atoms with van der Waals surface area (Å²) >= 11 is 0. The molecule has 3 aromatic rings.